The second-order valence-electron chi connectivity index (χ2n) is 4.18. The molecule has 2 heterocycles. The fraction of sp³-hybridized carbons (Fsp3) is 0.818. The van der Waals surface area contributed by atoms with Gasteiger partial charge in [0.1, 0.15) is 0 Å². The molecule has 1 aromatic rings. The van der Waals surface area contributed by atoms with Crippen LogP contribution < -0.4 is 5.73 Å². The summed E-state index contributed by atoms with van der Waals surface area (Å²) in [4.78, 5) is 4.43. The molecule has 5 nitrogen and oxygen atoms in total. The number of aromatic nitrogens is 2. The van der Waals surface area contributed by atoms with Gasteiger partial charge in [-0.3, -0.25) is 0 Å². The molecule has 0 spiro atoms. The molecular formula is C11H19N3O2. The maximum atomic E-state index is 5.43. The van der Waals surface area contributed by atoms with Crippen LogP contribution in [0.3, 0.4) is 0 Å². The summed E-state index contributed by atoms with van der Waals surface area (Å²) in [6.45, 7) is 2.34. The molecule has 0 saturated carbocycles. The molecule has 1 aliphatic rings. The second kappa shape index (κ2) is 5.96. The van der Waals surface area contributed by atoms with E-state index in [1.807, 2.05) is 0 Å². The van der Waals surface area contributed by atoms with Crippen molar-refractivity contribution in [2.75, 3.05) is 19.8 Å². The van der Waals surface area contributed by atoms with E-state index >= 15 is 0 Å². The van der Waals surface area contributed by atoms with Gasteiger partial charge in [0.25, 0.3) is 0 Å². The Morgan fingerprint density at radius 2 is 2.06 bits per heavy atom. The van der Waals surface area contributed by atoms with Crippen LogP contribution in [0.5, 0.6) is 0 Å². The Kier molecular flexibility index (Phi) is 4.30. The normalized spacial score (nSPS) is 17.8. The minimum absolute atomic E-state index is 0.417. The molecule has 90 valence electrons. The van der Waals surface area contributed by atoms with Gasteiger partial charge >= 0.3 is 0 Å². The van der Waals surface area contributed by atoms with E-state index in [0.717, 1.165) is 63.6 Å². The van der Waals surface area contributed by atoms with E-state index in [1.54, 1.807) is 0 Å². The van der Waals surface area contributed by atoms with Gasteiger partial charge in [-0.15, -0.1) is 0 Å². The summed E-state index contributed by atoms with van der Waals surface area (Å²) < 4.78 is 10.5. The Hall–Kier alpha value is -0.940. The molecule has 0 bridgehead atoms. The number of aryl methyl sites for hydroxylation is 1. The number of hydrogen-bond donors (Lipinski definition) is 1. The van der Waals surface area contributed by atoms with Crippen LogP contribution in [0.2, 0.25) is 0 Å². The number of unbranched alkanes of at least 4 members (excludes halogenated alkanes) is 1. The second-order valence-corrected chi connectivity index (χ2v) is 4.18. The predicted octanol–water partition coefficient (Wildman–Crippen LogP) is 1.25. The lowest BCUT2D eigenvalue weighted by Gasteiger charge is -2.18. The molecule has 2 rings (SSSR count). The fourth-order valence-electron chi connectivity index (χ4n) is 1.91. The van der Waals surface area contributed by atoms with Crippen molar-refractivity contribution in [1.29, 1.82) is 0 Å². The Labute approximate surface area is 95.3 Å². The molecule has 0 aromatic carbocycles. The molecule has 0 atom stereocenters. The Bertz CT molecular complexity index is 308. The van der Waals surface area contributed by atoms with Gasteiger partial charge in [-0.05, 0) is 32.2 Å². The summed E-state index contributed by atoms with van der Waals surface area (Å²) in [6, 6.07) is 0. The van der Waals surface area contributed by atoms with Gasteiger partial charge in [0.15, 0.2) is 5.82 Å². The lowest BCUT2D eigenvalue weighted by atomic mass is 10.00. The van der Waals surface area contributed by atoms with Crippen LogP contribution in [0, 0.1) is 0 Å². The fourth-order valence-corrected chi connectivity index (χ4v) is 1.91. The minimum atomic E-state index is 0.417. The van der Waals surface area contributed by atoms with E-state index in [-0.39, 0.29) is 0 Å². The van der Waals surface area contributed by atoms with E-state index in [2.05, 4.69) is 10.1 Å². The molecule has 0 amide bonds. The zero-order valence-electron chi connectivity index (χ0n) is 9.52. The lowest BCUT2D eigenvalue weighted by Crippen LogP contribution is -2.15. The Morgan fingerprint density at radius 3 is 2.81 bits per heavy atom. The highest BCUT2D eigenvalue weighted by Gasteiger charge is 2.20. The van der Waals surface area contributed by atoms with Crippen molar-refractivity contribution in [1.82, 2.24) is 10.1 Å². The van der Waals surface area contributed by atoms with Crippen LogP contribution in [0.25, 0.3) is 0 Å². The summed E-state index contributed by atoms with van der Waals surface area (Å²) in [5.41, 5.74) is 5.43. The zero-order chi connectivity index (χ0) is 11.2. The van der Waals surface area contributed by atoms with Crippen molar-refractivity contribution in [3.63, 3.8) is 0 Å². The lowest BCUT2D eigenvalue weighted by molar-refractivity contribution is 0.0830. The maximum Gasteiger partial charge on any atom is 0.226 e. The molecule has 16 heavy (non-hydrogen) atoms. The van der Waals surface area contributed by atoms with Crippen molar-refractivity contribution in [2.24, 2.45) is 5.73 Å². The molecule has 5 heteroatoms. The molecule has 2 N–H and O–H groups in total. The van der Waals surface area contributed by atoms with Crippen LogP contribution in [-0.4, -0.2) is 29.9 Å². The first-order chi connectivity index (χ1) is 7.90. The molecule has 0 aliphatic carbocycles. The SMILES string of the molecule is NCCCCc1nc(C2CCOCC2)no1. The summed E-state index contributed by atoms with van der Waals surface area (Å²) in [7, 11) is 0. The average molecular weight is 225 g/mol. The van der Waals surface area contributed by atoms with E-state index < -0.39 is 0 Å². The smallest absolute Gasteiger partial charge is 0.226 e. The van der Waals surface area contributed by atoms with Gasteiger partial charge < -0.3 is 15.0 Å². The van der Waals surface area contributed by atoms with Gasteiger partial charge in [-0.1, -0.05) is 5.16 Å². The molecular weight excluding hydrogens is 206 g/mol. The topological polar surface area (TPSA) is 74.2 Å². The monoisotopic (exact) mass is 225 g/mol. The van der Waals surface area contributed by atoms with E-state index in [9.17, 15) is 0 Å². The summed E-state index contributed by atoms with van der Waals surface area (Å²) in [5, 5.41) is 4.05. The van der Waals surface area contributed by atoms with Crippen molar-refractivity contribution in [3.05, 3.63) is 11.7 Å². The number of hydrogen-bond acceptors (Lipinski definition) is 5. The quantitative estimate of drug-likeness (QED) is 0.763. The van der Waals surface area contributed by atoms with Gasteiger partial charge in [-0.25, -0.2) is 0 Å². The van der Waals surface area contributed by atoms with Crippen LogP contribution in [0.4, 0.5) is 0 Å². The highest BCUT2D eigenvalue weighted by molar-refractivity contribution is 4.96. The first kappa shape index (κ1) is 11.5. The largest absolute Gasteiger partial charge is 0.381 e. The highest BCUT2D eigenvalue weighted by atomic mass is 16.5. The summed E-state index contributed by atoms with van der Waals surface area (Å²) in [6.07, 6.45) is 4.87. The van der Waals surface area contributed by atoms with E-state index in [0.29, 0.717) is 5.92 Å². The van der Waals surface area contributed by atoms with Crippen LogP contribution in [-0.2, 0) is 11.2 Å². The number of nitrogens with zero attached hydrogens (tertiary/aromatic N) is 2. The molecule has 0 radical (unpaired) electrons. The first-order valence-electron chi connectivity index (χ1n) is 6.00. The number of ether oxygens (including phenoxy) is 1. The van der Waals surface area contributed by atoms with E-state index in [4.69, 9.17) is 15.0 Å². The Balaban J connectivity index is 1.85. The molecule has 1 aliphatic heterocycles. The van der Waals surface area contributed by atoms with Gasteiger partial charge in [0.05, 0.1) is 0 Å². The number of nitrogens with two attached hydrogens (primary N) is 1. The van der Waals surface area contributed by atoms with Crippen molar-refractivity contribution in [2.45, 2.75) is 38.0 Å². The molecule has 1 aromatic heterocycles. The number of rotatable bonds is 5. The zero-order valence-corrected chi connectivity index (χ0v) is 9.52. The standard InChI is InChI=1S/C11H19N3O2/c12-6-2-1-3-10-13-11(14-16-10)9-4-7-15-8-5-9/h9H,1-8,12H2. The third-order valence-electron chi connectivity index (χ3n) is 2.92. The third kappa shape index (κ3) is 3.02. The molecule has 1 fully saturated rings. The van der Waals surface area contributed by atoms with Crippen LogP contribution in [0.15, 0.2) is 4.52 Å². The van der Waals surface area contributed by atoms with Crippen molar-refractivity contribution >= 4 is 0 Å². The molecule has 0 unspecified atom stereocenters. The first-order valence-corrected chi connectivity index (χ1v) is 6.00. The van der Waals surface area contributed by atoms with Crippen molar-refractivity contribution in [3.8, 4) is 0 Å². The van der Waals surface area contributed by atoms with Gasteiger partial charge in [0, 0.05) is 25.6 Å². The predicted molar refractivity (Wildman–Crippen MR) is 59.1 cm³/mol. The van der Waals surface area contributed by atoms with Crippen LogP contribution in [0.1, 0.15) is 43.3 Å². The third-order valence-corrected chi connectivity index (χ3v) is 2.92. The maximum absolute atomic E-state index is 5.43. The van der Waals surface area contributed by atoms with Gasteiger partial charge in [-0.2, -0.15) is 4.98 Å². The van der Waals surface area contributed by atoms with E-state index in [1.165, 1.54) is 0 Å². The molecule has 1 saturated heterocycles. The van der Waals surface area contributed by atoms with Crippen molar-refractivity contribution < 1.29 is 9.26 Å². The minimum Gasteiger partial charge on any atom is -0.381 e. The summed E-state index contributed by atoms with van der Waals surface area (Å²) in [5.74, 6) is 2.02. The summed E-state index contributed by atoms with van der Waals surface area (Å²) >= 11 is 0. The Morgan fingerprint density at radius 1 is 1.25 bits per heavy atom. The van der Waals surface area contributed by atoms with Crippen LogP contribution >= 0.6 is 0 Å². The van der Waals surface area contributed by atoms with Gasteiger partial charge in [0.2, 0.25) is 5.89 Å². The highest BCUT2D eigenvalue weighted by Crippen LogP contribution is 2.24. The average Bonchev–Trinajstić information content (AvgIpc) is 2.79.